The van der Waals surface area contributed by atoms with E-state index in [2.05, 4.69) is 17.3 Å². The SMILES string of the molecule is CCc1cc(CN2C(=O)C(C)NC(=O)C2(C)C)n(CC)n1. The van der Waals surface area contributed by atoms with Crippen LogP contribution in [0, 0.1) is 0 Å². The molecule has 2 amide bonds. The van der Waals surface area contributed by atoms with Crippen LogP contribution < -0.4 is 5.32 Å². The number of amides is 2. The summed E-state index contributed by atoms with van der Waals surface area (Å²) in [4.78, 5) is 26.3. The van der Waals surface area contributed by atoms with Crippen LogP contribution in [0.15, 0.2) is 6.07 Å². The Labute approximate surface area is 125 Å². The lowest BCUT2D eigenvalue weighted by atomic mass is 9.96. The van der Waals surface area contributed by atoms with Crippen LogP contribution in [0.5, 0.6) is 0 Å². The first-order valence-corrected chi connectivity index (χ1v) is 7.49. The van der Waals surface area contributed by atoms with E-state index in [9.17, 15) is 9.59 Å². The highest BCUT2D eigenvalue weighted by Crippen LogP contribution is 2.24. The van der Waals surface area contributed by atoms with Crippen LogP contribution in [-0.2, 0) is 29.1 Å². The van der Waals surface area contributed by atoms with Crippen molar-refractivity contribution in [3.8, 4) is 0 Å². The van der Waals surface area contributed by atoms with Crippen molar-refractivity contribution in [2.24, 2.45) is 0 Å². The number of nitrogens with one attached hydrogen (secondary N) is 1. The molecule has 1 aliphatic rings. The van der Waals surface area contributed by atoms with E-state index < -0.39 is 11.6 Å². The second-order valence-corrected chi connectivity index (χ2v) is 5.97. The molecule has 2 heterocycles. The molecule has 2 rings (SSSR count). The van der Waals surface area contributed by atoms with E-state index in [1.165, 1.54) is 0 Å². The maximum Gasteiger partial charge on any atom is 0.246 e. The van der Waals surface area contributed by atoms with Gasteiger partial charge in [-0.05, 0) is 40.2 Å². The first-order chi connectivity index (χ1) is 9.81. The average molecular weight is 292 g/mol. The zero-order chi connectivity index (χ0) is 15.8. The lowest BCUT2D eigenvalue weighted by Gasteiger charge is -2.43. The van der Waals surface area contributed by atoms with Gasteiger partial charge in [-0.1, -0.05) is 6.92 Å². The van der Waals surface area contributed by atoms with Crippen LogP contribution >= 0.6 is 0 Å². The van der Waals surface area contributed by atoms with Crippen molar-refractivity contribution in [3.63, 3.8) is 0 Å². The lowest BCUT2D eigenvalue weighted by Crippen LogP contribution is -2.67. The monoisotopic (exact) mass is 292 g/mol. The molecule has 1 aliphatic heterocycles. The Balaban J connectivity index is 2.33. The van der Waals surface area contributed by atoms with Gasteiger partial charge in [0.25, 0.3) is 0 Å². The summed E-state index contributed by atoms with van der Waals surface area (Å²) in [5.74, 6) is -0.172. The summed E-state index contributed by atoms with van der Waals surface area (Å²) in [5.41, 5.74) is 1.13. The largest absolute Gasteiger partial charge is 0.343 e. The fourth-order valence-electron chi connectivity index (χ4n) is 2.59. The Kier molecular flexibility index (Phi) is 4.07. The Hall–Kier alpha value is -1.85. The Morgan fingerprint density at radius 1 is 1.33 bits per heavy atom. The third-order valence-electron chi connectivity index (χ3n) is 4.11. The normalized spacial score (nSPS) is 21.6. The lowest BCUT2D eigenvalue weighted by molar-refractivity contribution is -0.155. The van der Waals surface area contributed by atoms with Crippen molar-refractivity contribution in [1.82, 2.24) is 20.0 Å². The molecule has 6 nitrogen and oxygen atoms in total. The molecule has 1 saturated heterocycles. The van der Waals surface area contributed by atoms with Crippen LogP contribution in [0.2, 0.25) is 0 Å². The highest BCUT2D eigenvalue weighted by molar-refractivity contribution is 5.99. The molecular formula is C15H24N4O2. The fourth-order valence-corrected chi connectivity index (χ4v) is 2.59. The molecule has 116 valence electrons. The van der Waals surface area contributed by atoms with Gasteiger partial charge >= 0.3 is 0 Å². The molecular weight excluding hydrogens is 268 g/mol. The molecule has 1 atom stereocenters. The summed E-state index contributed by atoms with van der Waals surface area (Å²) >= 11 is 0. The van der Waals surface area contributed by atoms with Crippen LogP contribution in [0.4, 0.5) is 0 Å². The molecule has 6 heteroatoms. The molecule has 1 N–H and O–H groups in total. The maximum absolute atomic E-state index is 12.4. The summed E-state index contributed by atoms with van der Waals surface area (Å²) in [6.07, 6.45) is 0.855. The number of aryl methyl sites for hydroxylation is 2. The minimum atomic E-state index is -0.848. The second-order valence-electron chi connectivity index (χ2n) is 5.97. The number of hydrogen-bond acceptors (Lipinski definition) is 3. The van der Waals surface area contributed by atoms with Crippen molar-refractivity contribution in [3.05, 3.63) is 17.5 Å². The molecule has 0 aromatic carbocycles. The second kappa shape index (κ2) is 5.50. The number of aromatic nitrogens is 2. The van der Waals surface area contributed by atoms with Gasteiger partial charge < -0.3 is 10.2 Å². The molecule has 1 aromatic rings. The van der Waals surface area contributed by atoms with Crippen molar-refractivity contribution >= 4 is 11.8 Å². The Morgan fingerprint density at radius 3 is 2.57 bits per heavy atom. The standard InChI is InChI=1S/C15H24N4O2/c1-6-11-8-12(19(7-2)17-11)9-18-13(20)10(3)16-14(21)15(18,4)5/h8,10H,6-7,9H2,1-5H3,(H,16,21). The summed E-state index contributed by atoms with van der Waals surface area (Å²) in [5, 5.41) is 7.23. The molecule has 1 unspecified atom stereocenters. The van der Waals surface area contributed by atoms with Crippen molar-refractivity contribution in [2.75, 3.05) is 0 Å². The number of rotatable bonds is 4. The van der Waals surface area contributed by atoms with E-state index in [0.717, 1.165) is 24.4 Å². The number of piperazine rings is 1. The number of hydrogen-bond donors (Lipinski definition) is 1. The van der Waals surface area contributed by atoms with Gasteiger partial charge in [0.05, 0.1) is 17.9 Å². The molecule has 1 fully saturated rings. The molecule has 0 aliphatic carbocycles. The van der Waals surface area contributed by atoms with Crippen LogP contribution in [0.25, 0.3) is 0 Å². The van der Waals surface area contributed by atoms with Gasteiger partial charge in [0.15, 0.2) is 0 Å². The predicted molar refractivity (Wildman–Crippen MR) is 79.5 cm³/mol. The minimum absolute atomic E-state index is 0.0542. The average Bonchev–Trinajstić information content (AvgIpc) is 2.84. The van der Waals surface area contributed by atoms with E-state index in [-0.39, 0.29) is 11.8 Å². The zero-order valence-corrected chi connectivity index (χ0v) is 13.4. The third-order valence-corrected chi connectivity index (χ3v) is 4.11. The van der Waals surface area contributed by atoms with Crippen molar-refractivity contribution in [1.29, 1.82) is 0 Å². The molecule has 21 heavy (non-hydrogen) atoms. The summed E-state index contributed by atoms with van der Waals surface area (Å²) in [6.45, 7) is 10.5. The van der Waals surface area contributed by atoms with Crippen LogP contribution in [-0.4, -0.2) is 38.1 Å². The van der Waals surface area contributed by atoms with Gasteiger partial charge in [0.1, 0.15) is 11.6 Å². The van der Waals surface area contributed by atoms with Crippen LogP contribution in [0.1, 0.15) is 46.0 Å². The molecule has 1 aromatic heterocycles. The van der Waals surface area contributed by atoms with Crippen LogP contribution in [0.3, 0.4) is 0 Å². The zero-order valence-electron chi connectivity index (χ0n) is 13.4. The van der Waals surface area contributed by atoms with Crippen molar-refractivity contribution in [2.45, 2.75) is 65.7 Å². The molecule has 0 spiro atoms. The smallest absolute Gasteiger partial charge is 0.246 e. The van der Waals surface area contributed by atoms with Gasteiger partial charge in [-0.15, -0.1) is 0 Å². The Bertz CT molecular complexity index is 562. The quantitative estimate of drug-likeness (QED) is 0.903. The molecule has 0 bridgehead atoms. The maximum atomic E-state index is 12.4. The summed E-state index contributed by atoms with van der Waals surface area (Å²) in [6, 6.07) is 1.54. The van der Waals surface area contributed by atoms with E-state index in [0.29, 0.717) is 6.54 Å². The number of carbonyl (C=O) groups is 2. The van der Waals surface area contributed by atoms with E-state index in [1.54, 1.807) is 25.7 Å². The van der Waals surface area contributed by atoms with Gasteiger partial charge in [0.2, 0.25) is 11.8 Å². The molecule has 0 radical (unpaired) electrons. The van der Waals surface area contributed by atoms with Gasteiger partial charge in [-0.25, -0.2) is 0 Å². The van der Waals surface area contributed by atoms with Gasteiger partial charge in [-0.2, -0.15) is 5.10 Å². The minimum Gasteiger partial charge on any atom is -0.343 e. The van der Waals surface area contributed by atoms with Gasteiger partial charge in [-0.3, -0.25) is 14.3 Å². The third kappa shape index (κ3) is 2.66. The van der Waals surface area contributed by atoms with Crippen molar-refractivity contribution < 1.29 is 9.59 Å². The van der Waals surface area contributed by atoms with E-state index in [1.807, 2.05) is 17.7 Å². The first-order valence-electron chi connectivity index (χ1n) is 7.49. The number of carbonyl (C=O) groups excluding carboxylic acids is 2. The van der Waals surface area contributed by atoms with E-state index >= 15 is 0 Å². The Morgan fingerprint density at radius 2 is 2.00 bits per heavy atom. The predicted octanol–water partition coefficient (Wildman–Crippen LogP) is 1.09. The van der Waals surface area contributed by atoms with E-state index in [4.69, 9.17) is 0 Å². The molecule has 0 saturated carbocycles. The number of nitrogens with zero attached hydrogens (tertiary/aromatic N) is 3. The van der Waals surface area contributed by atoms with Gasteiger partial charge in [0, 0.05) is 6.54 Å². The highest BCUT2D eigenvalue weighted by Gasteiger charge is 2.45. The fraction of sp³-hybridized carbons (Fsp3) is 0.667. The summed E-state index contributed by atoms with van der Waals surface area (Å²) in [7, 11) is 0. The highest BCUT2D eigenvalue weighted by atomic mass is 16.2. The first kappa shape index (κ1) is 15.5. The topological polar surface area (TPSA) is 67.2 Å². The summed E-state index contributed by atoms with van der Waals surface area (Å²) < 4.78 is 1.90.